The summed E-state index contributed by atoms with van der Waals surface area (Å²) in [5, 5.41) is 11.8. The number of thioether (sulfide) groups is 1. The monoisotopic (exact) mass is 287 g/mol. The van der Waals surface area contributed by atoms with Gasteiger partial charge in [0, 0.05) is 31.8 Å². The molecule has 0 aromatic rings. The molecule has 2 fully saturated rings. The number of urea groups is 1. The van der Waals surface area contributed by atoms with Gasteiger partial charge in [-0.15, -0.1) is 11.8 Å². The number of hydrogen-bond acceptors (Lipinski definition) is 4. The average Bonchev–Trinajstić information content (AvgIpc) is 2.94. The number of aliphatic carboxylic acids is 1. The quantitative estimate of drug-likeness (QED) is 0.732. The van der Waals surface area contributed by atoms with Crippen molar-refractivity contribution < 1.29 is 19.5 Å². The number of carboxylic acid groups (broad SMARTS) is 1. The lowest BCUT2D eigenvalue weighted by Gasteiger charge is -2.26. The third-order valence-corrected chi connectivity index (χ3v) is 4.29. The van der Waals surface area contributed by atoms with Gasteiger partial charge in [0.25, 0.3) is 0 Å². The Kier molecular flexibility index (Phi) is 4.18. The lowest BCUT2D eigenvalue weighted by atomic mass is 10.2. The second-order valence-corrected chi connectivity index (χ2v) is 5.74. The van der Waals surface area contributed by atoms with E-state index in [2.05, 4.69) is 5.32 Å². The summed E-state index contributed by atoms with van der Waals surface area (Å²) in [5.41, 5.74) is 0. The highest BCUT2D eigenvalue weighted by atomic mass is 32.2. The topological polar surface area (TPSA) is 90.0 Å². The van der Waals surface area contributed by atoms with Crippen LogP contribution in [0.3, 0.4) is 0 Å². The molecule has 106 valence electrons. The third-order valence-electron chi connectivity index (χ3n) is 3.28. The fourth-order valence-corrected chi connectivity index (χ4v) is 3.49. The molecule has 8 heteroatoms. The van der Waals surface area contributed by atoms with Crippen LogP contribution in [-0.4, -0.2) is 69.6 Å². The number of nitrogens with one attached hydrogen (secondary N) is 1. The first-order chi connectivity index (χ1) is 8.99. The van der Waals surface area contributed by atoms with Crippen molar-refractivity contribution in [3.05, 3.63) is 0 Å². The molecule has 0 radical (unpaired) electrons. The SMILES string of the molecule is CC(=O)NC1CCN(C(=O)N2CSC[C@H]2C(=O)O)C1. The molecule has 2 aliphatic rings. The summed E-state index contributed by atoms with van der Waals surface area (Å²) in [6.45, 7) is 2.45. The van der Waals surface area contributed by atoms with Crippen molar-refractivity contribution in [3.63, 3.8) is 0 Å². The standard InChI is InChI=1S/C11H17N3O4S/c1-7(15)12-8-2-3-13(4-8)11(18)14-6-19-5-9(14)10(16)17/h8-9H,2-6H2,1H3,(H,12,15)(H,16,17)/t8?,9-/m0/s1. The summed E-state index contributed by atoms with van der Waals surface area (Å²) in [6, 6.07) is -1.01. The number of carbonyl (C=O) groups excluding carboxylic acids is 2. The van der Waals surface area contributed by atoms with Crippen molar-refractivity contribution >= 4 is 29.7 Å². The minimum atomic E-state index is -0.962. The summed E-state index contributed by atoms with van der Waals surface area (Å²) in [6.07, 6.45) is 0.712. The van der Waals surface area contributed by atoms with Gasteiger partial charge in [-0.2, -0.15) is 0 Å². The van der Waals surface area contributed by atoms with Crippen LogP contribution in [-0.2, 0) is 9.59 Å². The van der Waals surface area contributed by atoms with E-state index in [4.69, 9.17) is 5.11 Å². The summed E-state index contributed by atoms with van der Waals surface area (Å²) < 4.78 is 0. The molecule has 0 bridgehead atoms. The number of carboxylic acids is 1. The highest BCUT2D eigenvalue weighted by Gasteiger charge is 2.38. The van der Waals surface area contributed by atoms with Crippen LogP contribution in [0.2, 0.25) is 0 Å². The zero-order valence-corrected chi connectivity index (χ0v) is 11.5. The van der Waals surface area contributed by atoms with E-state index in [0.717, 1.165) is 0 Å². The van der Waals surface area contributed by atoms with Crippen LogP contribution < -0.4 is 5.32 Å². The number of nitrogens with zero attached hydrogens (tertiary/aromatic N) is 2. The predicted octanol–water partition coefficient (Wildman–Crippen LogP) is -0.224. The van der Waals surface area contributed by atoms with E-state index in [1.165, 1.54) is 23.6 Å². The minimum absolute atomic E-state index is 0.0278. The Bertz CT molecular complexity index is 403. The molecule has 19 heavy (non-hydrogen) atoms. The summed E-state index contributed by atoms with van der Waals surface area (Å²) >= 11 is 1.45. The van der Waals surface area contributed by atoms with E-state index < -0.39 is 12.0 Å². The molecule has 1 unspecified atom stereocenters. The molecular formula is C11H17N3O4S. The second kappa shape index (κ2) is 5.68. The number of hydrogen-bond donors (Lipinski definition) is 2. The first kappa shape index (κ1) is 14.0. The predicted molar refractivity (Wildman–Crippen MR) is 69.8 cm³/mol. The molecule has 2 N–H and O–H groups in total. The molecule has 0 aromatic heterocycles. The molecule has 7 nitrogen and oxygen atoms in total. The maximum atomic E-state index is 12.3. The molecule has 2 aliphatic heterocycles. The maximum Gasteiger partial charge on any atom is 0.327 e. The Morgan fingerprint density at radius 1 is 1.37 bits per heavy atom. The van der Waals surface area contributed by atoms with E-state index in [1.54, 1.807) is 4.90 Å². The lowest BCUT2D eigenvalue weighted by molar-refractivity contribution is -0.140. The van der Waals surface area contributed by atoms with Crippen LogP contribution in [0.25, 0.3) is 0 Å². The van der Waals surface area contributed by atoms with Crippen LogP contribution in [0.15, 0.2) is 0 Å². The molecule has 2 rings (SSSR count). The average molecular weight is 287 g/mol. The lowest BCUT2D eigenvalue weighted by Crippen LogP contribution is -2.48. The van der Waals surface area contributed by atoms with Gasteiger partial charge in [0.15, 0.2) is 0 Å². The van der Waals surface area contributed by atoms with E-state index in [1.807, 2.05) is 0 Å². The van der Waals surface area contributed by atoms with Crippen molar-refractivity contribution in [1.82, 2.24) is 15.1 Å². The smallest absolute Gasteiger partial charge is 0.327 e. The number of carbonyl (C=O) groups is 3. The zero-order chi connectivity index (χ0) is 14.0. The van der Waals surface area contributed by atoms with E-state index in [9.17, 15) is 14.4 Å². The second-order valence-electron chi connectivity index (χ2n) is 4.74. The maximum absolute atomic E-state index is 12.3. The van der Waals surface area contributed by atoms with E-state index in [0.29, 0.717) is 31.1 Å². The molecule has 2 atom stereocenters. The van der Waals surface area contributed by atoms with Gasteiger partial charge >= 0.3 is 12.0 Å². The Labute approximate surface area is 115 Å². The Balaban J connectivity index is 1.94. The zero-order valence-electron chi connectivity index (χ0n) is 10.7. The molecule has 0 saturated carbocycles. The molecule has 2 heterocycles. The third kappa shape index (κ3) is 3.12. The largest absolute Gasteiger partial charge is 0.480 e. The number of rotatable bonds is 2. The van der Waals surface area contributed by atoms with Gasteiger partial charge in [-0.05, 0) is 6.42 Å². The van der Waals surface area contributed by atoms with Crippen LogP contribution in [0, 0.1) is 0 Å². The van der Waals surface area contributed by atoms with Crippen LogP contribution in [0.5, 0.6) is 0 Å². The van der Waals surface area contributed by atoms with Gasteiger partial charge in [0.05, 0.1) is 5.88 Å². The van der Waals surface area contributed by atoms with Gasteiger partial charge in [-0.3, -0.25) is 4.79 Å². The van der Waals surface area contributed by atoms with E-state index in [-0.39, 0.29) is 18.0 Å². The summed E-state index contributed by atoms with van der Waals surface area (Å²) in [7, 11) is 0. The highest BCUT2D eigenvalue weighted by Crippen LogP contribution is 2.24. The first-order valence-corrected chi connectivity index (χ1v) is 7.27. The van der Waals surface area contributed by atoms with Crippen molar-refractivity contribution in [2.24, 2.45) is 0 Å². The fraction of sp³-hybridized carbons (Fsp3) is 0.727. The van der Waals surface area contributed by atoms with Gasteiger partial charge in [-0.1, -0.05) is 0 Å². The molecule has 2 saturated heterocycles. The number of likely N-dealkylation sites (tertiary alicyclic amines) is 1. The van der Waals surface area contributed by atoms with Gasteiger partial charge in [-0.25, -0.2) is 9.59 Å². The molecule has 3 amide bonds. The van der Waals surface area contributed by atoms with Crippen LogP contribution in [0.1, 0.15) is 13.3 Å². The molecule has 0 spiro atoms. The fourth-order valence-electron chi connectivity index (χ4n) is 2.36. The Morgan fingerprint density at radius 2 is 2.11 bits per heavy atom. The minimum Gasteiger partial charge on any atom is -0.480 e. The Morgan fingerprint density at radius 3 is 2.74 bits per heavy atom. The highest BCUT2D eigenvalue weighted by molar-refractivity contribution is 7.99. The van der Waals surface area contributed by atoms with E-state index >= 15 is 0 Å². The van der Waals surface area contributed by atoms with Crippen molar-refractivity contribution in [3.8, 4) is 0 Å². The molecular weight excluding hydrogens is 270 g/mol. The van der Waals surface area contributed by atoms with Crippen molar-refractivity contribution in [1.29, 1.82) is 0 Å². The summed E-state index contributed by atoms with van der Waals surface area (Å²) in [4.78, 5) is 37.3. The Hall–Kier alpha value is -1.44. The van der Waals surface area contributed by atoms with Crippen molar-refractivity contribution in [2.75, 3.05) is 24.7 Å². The van der Waals surface area contributed by atoms with Gasteiger partial charge in [0.1, 0.15) is 6.04 Å². The van der Waals surface area contributed by atoms with Crippen LogP contribution >= 0.6 is 11.8 Å². The summed E-state index contributed by atoms with van der Waals surface area (Å²) in [5.74, 6) is -0.225. The molecule has 0 aromatic carbocycles. The van der Waals surface area contributed by atoms with Gasteiger partial charge in [0.2, 0.25) is 5.91 Å². The normalized spacial score (nSPS) is 26.6. The molecule has 0 aliphatic carbocycles. The van der Waals surface area contributed by atoms with Crippen LogP contribution in [0.4, 0.5) is 4.79 Å². The van der Waals surface area contributed by atoms with Crippen molar-refractivity contribution in [2.45, 2.75) is 25.4 Å². The number of amides is 3. The van der Waals surface area contributed by atoms with Gasteiger partial charge < -0.3 is 20.2 Å². The first-order valence-electron chi connectivity index (χ1n) is 6.12.